The van der Waals surface area contributed by atoms with E-state index in [1.165, 1.54) is 11.8 Å². The highest BCUT2D eigenvalue weighted by Gasteiger charge is 2.29. The van der Waals surface area contributed by atoms with Gasteiger partial charge in [-0.05, 0) is 31.2 Å². The van der Waals surface area contributed by atoms with Gasteiger partial charge < -0.3 is 4.74 Å². The molecule has 0 radical (unpaired) electrons. The highest BCUT2D eigenvalue weighted by Crippen LogP contribution is 2.21. The van der Waals surface area contributed by atoms with Crippen LogP contribution in [0.1, 0.15) is 17.3 Å². The van der Waals surface area contributed by atoms with Crippen LogP contribution in [0.15, 0.2) is 24.3 Å². The molecule has 1 aromatic carbocycles. The molecule has 18 heavy (non-hydrogen) atoms. The molecule has 0 spiro atoms. The third-order valence-electron chi connectivity index (χ3n) is 2.78. The summed E-state index contributed by atoms with van der Waals surface area (Å²) in [4.78, 5) is 24.3. The lowest BCUT2D eigenvalue weighted by atomic mass is 10.1. The van der Waals surface area contributed by atoms with Crippen LogP contribution in [0, 0.1) is 11.3 Å². The first-order chi connectivity index (χ1) is 8.63. The van der Waals surface area contributed by atoms with Crippen molar-refractivity contribution in [2.45, 2.75) is 13.0 Å². The summed E-state index contributed by atoms with van der Waals surface area (Å²) in [7, 11) is 0. The molecule has 0 N–H and O–H groups in total. The Morgan fingerprint density at radius 3 is 2.67 bits per heavy atom. The van der Waals surface area contributed by atoms with E-state index < -0.39 is 6.04 Å². The number of Topliss-reactive ketones (excluding diaryl/α,β-unsaturated/α-hetero) is 1. The molecule has 0 saturated carbocycles. The average Bonchev–Trinajstić information content (AvgIpc) is 2.38. The van der Waals surface area contributed by atoms with Gasteiger partial charge in [0.1, 0.15) is 12.6 Å². The molecule has 1 aliphatic rings. The molecular weight excluding hydrogens is 232 g/mol. The van der Waals surface area contributed by atoms with Crippen LogP contribution in [-0.2, 0) is 9.53 Å². The van der Waals surface area contributed by atoms with Crippen LogP contribution in [0.5, 0.6) is 0 Å². The van der Waals surface area contributed by atoms with Gasteiger partial charge in [0.2, 0.25) is 0 Å². The van der Waals surface area contributed by atoms with E-state index in [-0.39, 0.29) is 24.9 Å². The van der Waals surface area contributed by atoms with E-state index in [1.54, 1.807) is 24.3 Å². The number of rotatable bonds is 2. The Kier molecular flexibility index (Phi) is 3.40. The van der Waals surface area contributed by atoms with Gasteiger partial charge in [-0.25, -0.2) is 0 Å². The van der Waals surface area contributed by atoms with Gasteiger partial charge in [-0.15, -0.1) is 0 Å². The van der Waals surface area contributed by atoms with Crippen molar-refractivity contribution in [3.8, 4) is 6.07 Å². The first kappa shape index (κ1) is 12.3. The molecule has 1 amide bonds. The summed E-state index contributed by atoms with van der Waals surface area (Å²) < 4.78 is 5.03. The first-order valence-electron chi connectivity index (χ1n) is 5.54. The van der Waals surface area contributed by atoms with E-state index in [0.29, 0.717) is 11.3 Å². The number of nitriles is 1. The fraction of sp³-hybridized carbons (Fsp3) is 0.308. The van der Waals surface area contributed by atoms with E-state index in [2.05, 4.69) is 0 Å². The zero-order valence-electron chi connectivity index (χ0n) is 9.92. The van der Waals surface area contributed by atoms with Crippen molar-refractivity contribution >= 4 is 17.4 Å². The number of benzene rings is 1. The van der Waals surface area contributed by atoms with Crippen LogP contribution in [0.3, 0.4) is 0 Å². The van der Waals surface area contributed by atoms with Gasteiger partial charge in [-0.3, -0.25) is 14.5 Å². The van der Waals surface area contributed by atoms with E-state index in [4.69, 9.17) is 10.00 Å². The van der Waals surface area contributed by atoms with E-state index in [1.807, 2.05) is 6.07 Å². The van der Waals surface area contributed by atoms with Crippen LogP contribution < -0.4 is 4.90 Å². The second-order valence-corrected chi connectivity index (χ2v) is 4.03. The molecule has 1 unspecified atom stereocenters. The van der Waals surface area contributed by atoms with Crippen molar-refractivity contribution < 1.29 is 14.3 Å². The zero-order valence-corrected chi connectivity index (χ0v) is 9.92. The summed E-state index contributed by atoms with van der Waals surface area (Å²) in [5.41, 5.74) is 1.19. The molecule has 0 aromatic heterocycles. The fourth-order valence-electron chi connectivity index (χ4n) is 1.85. The van der Waals surface area contributed by atoms with Crippen molar-refractivity contribution in [3.05, 3.63) is 29.8 Å². The lowest BCUT2D eigenvalue weighted by Gasteiger charge is -2.31. The minimum Gasteiger partial charge on any atom is -0.368 e. The van der Waals surface area contributed by atoms with Crippen molar-refractivity contribution in [3.63, 3.8) is 0 Å². The molecule has 1 aromatic rings. The average molecular weight is 244 g/mol. The van der Waals surface area contributed by atoms with E-state index >= 15 is 0 Å². The van der Waals surface area contributed by atoms with Gasteiger partial charge in [0.15, 0.2) is 5.78 Å². The number of morpholine rings is 1. The second-order valence-electron chi connectivity index (χ2n) is 4.03. The van der Waals surface area contributed by atoms with Gasteiger partial charge in [0, 0.05) is 11.3 Å². The number of ether oxygens (including phenoxy) is 1. The lowest BCUT2D eigenvalue weighted by molar-refractivity contribution is -0.126. The number of carbonyl (C=O) groups excluding carboxylic acids is 2. The SMILES string of the molecule is CC(=O)c1ccc(N2C(=O)COCC2C#N)cc1. The predicted molar refractivity (Wildman–Crippen MR) is 64.2 cm³/mol. The van der Waals surface area contributed by atoms with E-state index in [0.717, 1.165) is 0 Å². The summed E-state index contributed by atoms with van der Waals surface area (Å²) in [5, 5.41) is 9.01. The van der Waals surface area contributed by atoms with Crippen LogP contribution in [0.2, 0.25) is 0 Å². The van der Waals surface area contributed by atoms with Gasteiger partial charge in [0.05, 0.1) is 12.7 Å². The molecule has 1 aliphatic heterocycles. The maximum absolute atomic E-state index is 11.8. The second kappa shape index (κ2) is 4.98. The highest BCUT2D eigenvalue weighted by molar-refractivity contribution is 5.98. The maximum Gasteiger partial charge on any atom is 0.254 e. The molecular formula is C13H12N2O3. The molecule has 0 bridgehead atoms. The molecule has 5 heteroatoms. The molecule has 0 aliphatic carbocycles. The van der Waals surface area contributed by atoms with Crippen molar-refractivity contribution in [2.24, 2.45) is 0 Å². The molecule has 5 nitrogen and oxygen atoms in total. The Hall–Kier alpha value is -2.19. The number of ketones is 1. The van der Waals surface area contributed by atoms with Crippen molar-refractivity contribution in [2.75, 3.05) is 18.1 Å². The number of hydrogen-bond donors (Lipinski definition) is 0. The number of carbonyl (C=O) groups is 2. The molecule has 1 saturated heterocycles. The van der Waals surface area contributed by atoms with Crippen LogP contribution >= 0.6 is 0 Å². The van der Waals surface area contributed by atoms with Gasteiger partial charge in [0.25, 0.3) is 5.91 Å². The number of hydrogen-bond acceptors (Lipinski definition) is 4. The minimum atomic E-state index is -0.616. The predicted octanol–water partition coefficient (Wildman–Crippen LogP) is 1.14. The van der Waals surface area contributed by atoms with Crippen molar-refractivity contribution in [1.82, 2.24) is 0 Å². The Morgan fingerprint density at radius 2 is 2.11 bits per heavy atom. The van der Waals surface area contributed by atoms with Crippen LogP contribution in [-0.4, -0.2) is 30.9 Å². The molecule has 92 valence electrons. The Labute approximate surface area is 105 Å². The van der Waals surface area contributed by atoms with Gasteiger partial charge in [-0.1, -0.05) is 0 Å². The van der Waals surface area contributed by atoms with Gasteiger partial charge in [-0.2, -0.15) is 5.26 Å². The highest BCUT2D eigenvalue weighted by atomic mass is 16.5. The Bertz CT molecular complexity index is 516. The summed E-state index contributed by atoms with van der Waals surface area (Å²) in [6, 6.07) is 8.05. The maximum atomic E-state index is 11.8. The smallest absolute Gasteiger partial charge is 0.254 e. The monoisotopic (exact) mass is 244 g/mol. The Balaban J connectivity index is 2.31. The molecule has 1 heterocycles. The Morgan fingerprint density at radius 1 is 1.44 bits per heavy atom. The quantitative estimate of drug-likeness (QED) is 0.731. The summed E-state index contributed by atoms with van der Waals surface area (Å²) in [6.07, 6.45) is 0. The third-order valence-corrected chi connectivity index (χ3v) is 2.78. The third kappa shape index (κ3) is 2.24. The zero-order chi connectivity index (χ0) is 13.1. The summed E-state index contributed by atoms with van der Waals surface area (Å²) in [6.45, 7) is 1.66. The van der Waals surface area contributed by atoms with Crippen LogP contribution in [0.25, 0.3) is 0 Å². The molecule has 2 rings (SSSR count). The van der Waals surface area contributed by atoms with E-state index in [9.17, 15) is 9.59 Å². The number of amides is 1. The first-order valence-corrected chi connectivity index (χ1v) is 5.54. The van der Waals surface area contributed by atoms with Crippen molar-refractivity contribution in [1.29, 1.82) is 5.26 Å². The number of anilines is 1. The summed E-state index contributed by atoms with van der Waals surface area (Å²) >= 11 is 0. The normalized spacial score (nSPS) is 19.4. The molecule has 1 fully saturated rings. The number of nitrogens with zero attached hydrogens (tertiary/aromatic N) is 2. The summed E-state index contributed by atoms with van der Waals surface area (Å²) in [5.74, 6) is -0.282. The minimum absolute atomic E-state index is 0.0212. The lowest BCUT2D eigenvalue weighted by Crippen LogP contribution is -2.49. The standard InChI is InChI=1S/C13H12N2O3/c1-9(16)10-2-4-11(5-3-10)15-12(6-14)7-18-8-13(15)17/h2-5,12H,7-8H2,1H3. The fourth-order valence-corrected chi connectivity index (χ4v) is 1.85. The molecule has 1 atom stereocenters. The largest absolute Gasteiger partial charge is 0.368 e. The van der Waals surface area contributed by atoms with Gasteiger partial charge >= 0.3 is 0 Å². The van der Waals surface area contributed by atoms with Crippen LogP contribution in [0.4, 0.5) is 5.69 Å². The topological polar surface area (TPSA) is 70.4 Å².